The molecule has 24 heavy (non-hydrogen) atoms. The Morgan fingerprint density at radius 3 is 2.88 bits per heavy atom. The zero-order valence-corrected chi connectivity index (χ0v) is 14.2. The van der Waals surface area contributed by atoms with E-state index in [1.54, 1.807) is 13.3 Å². The predicted molar refractivity (Wildman–Crippen MR) is 94.6 cm³/mol. The molecule has 2 N–H and O–H groups in total. The Balaban J connectivity index is 1.61. The van der Waals surface area contributed by atoms with E-state index in [9.17, 15) is 4.79 Å². The molecule has 1 saturated carbocycles. The number of hydrogen-bond acceptors (Lipinski definition) is 4. The minimum absolute atomic E-state index is 0.0988. The van der Waals surface area contributed by atoms with Gasteiger partial charge in [-0.2, -0.15) is 5.10 Å². The Hall–Kier alpha value is -2.50. The highest BCUT2D eigenvalue weighted by Gasteiger charge is 2.20. The molecule has 0 spiro atoms. The average Bonchev–Trinajstić information content (AvgIpc) is 3.24. The van der Waals surface area contributed by atoms with E-state index in [2.05, 4.69) is 15.7 Å². The molecular weight excluding hydrogens is 304 g/mol. The summed E-state index contributed by atoms with van der Waals surface area (Å²) in [5.41, 5.74) is 1.93. The summed E-state index contributed by atoms with van der Waals surface area (Å²) in [5, 5.41) is 10.5. The van der Waals surface area contributed by atoms with Crippen LogP contribution in [0.3, 0.4) is 0 Å². The molecule has 0 atom stereocenters. The van der Waals surface area contributed by atoms with E-state index in [0.717, 1.165) is 35.7 Å². The lowest BCUT2D eigenvalue weighted by Crippen LogP contribution is -2.24. The lowest BCUT2D eigenvalue weighted by Gasteiger charge is -2.15. The van der Waals surface area contributed by atoms with Gasteiger partial charge in [0.15, 0.2) is 0 Å². The van der Waals surface area contributed by atoms with Crippen LogP contribution in [0.15, 0.2) is 30.5 Å². The van der Waals surface area contributed by atoms with Crippen LogP contribution in [-0.2, 0) is 4.79 Å². The summed E-state index contributed by atoms with van der Waals surface area (Å²) in [5.74, 6) is 1.40. The molecule has 0 saturated heterocycles. The van der Waals surface area contributed by atoms with Gasteiger partial charge < -0.3 is 15.4 Å². The topological polar surface area (TPSA) is 68.2 Å². The summed E-state index contributed by atoms with van der Waals surface area (Å²) < 4.78 is 7.26. The van der Waals surface area contributed by atoms with Gasteiger partial charge in [-0.05, 0) is 37.5 Å². The van der Waals surface area contributed by atoms with Crippen LogP contribution in [0.2, 0.25) is 0 Å². The SMILES string of the molecule is COc1ccc(C)cc1NCC(=O)Nc1ccnn1C1CCCC1. The number of rotatable bonds is 6. The van der Waals surface area contributed by atoms with Crippen LogP contribution in [0.4, 0.5) is 11.5 Å². The summed E-state index contributed by atoms with van der Waals surface area (Å²) in [6, 6.07) is 8.09. The smallest absolute Gasteiger partial charge is 0.244 e. The van der Waals surface area contributed by atoms with E-state index >= 15 is 0 Å². The van der Waals surface area contributed by atoms with Crippen molar-refractivity contribution in [1.82, 2.24) is 9.78 Å². The number of nitrogens with one attached hydrogen (secondary N) is 2. The lowest BCUT2D eigenvalue weighted by molar-refractivity contribution is -0.114. The number of amides is 1. The quantitative estimate of drug-likeness (QED) is 0.853. The maximum atomic E-state index is 12.3. The van der Waals surface area contributed by atoms with Gasteiger partial charge in [0.25, 0.3) is 0 Å². The number of benzene rings is 1. The summed E-state index contributed by atoms with van der Waals surface area (Å²) in [4.78, 5) is 12.3. The first-order chi connectivity index (χ1) is 11.7. The lowest BCUT2D eigenvalue weighted by atomic mass is 10.2. The first-order valence-electron chi connectivity index (χ1n) is 8.39. The maximum Gasteiger partial charge on any atom is 0.244 e. The Bertz CT molecular complexity index is 705. The van der Waals surface area contributed by atoms with Crippen molar-refractivity contribution < 1.29 is 9.53 Å². The molecular formula is C18H24N4O2. The minimum Gasteiger partial charge on any atom is -0.495 e. The van der Waals surface area contributed by atoms with Crippen LogP contribution in [0.1, 0.15) is 37.3 Å². The first kappa shape index (κ1) is 16.4. The number of aromatic nitrogens is 2. The monoisotopic (exact) mass is 328 g/mol. The van der Waals surface area contributed by atoms with Crippen molar-refractivity contribution in [3.8, 4) is 5.75 Å². The molecule has 0 unspecified atom stereocenters. The number of carbonyl (C=O) groups excluding carboxylic acids is 1. The average molecular weight is 328 g/mol. The van der Waals surface area contributed by atoms with Gasteiger partial charge >= 0.3 is 0 Å². The van der Waals surface area contributed by atoms with Gasteiger partial charge in [0.2, 0.25) is 5.91 Å². The van der Waals surface area contributed by atoms with E-state index in [1.807, 2.05) is 35.9 Å². The van der Waals surface area contributed by atoms with Crippen molar-refractivity contribution >= 4 is 17.4 Å². The number of nitrogens with zero attached hydrogens (tertiary/aromatic N) is 2. The first-order valence-corrected chi connectivity index (χ1v) is 8.39. The second-order valence-electron chi connectivity index (χ2n) is 6.20. The molecule has 0 aliphatic heterocycles. The highest BCUT2D eigenvalue weighted by atomic mass is 16.5. The molecule has 1 aliphatic rings. The van der Waals surface area contributed by atoms with Gasteiger partial charge in [-0.3, -0.25) is 4.79 Å². The van der Waals surface area contributed by atoms with Crippen LogP contribution in [0.25, 0.3) is 0 Å². The Kier molecular flexibility index (Phi) is 5.03. The molecule has 2 aromatic rings. The van der Waals surface area contributed by atoms with Gasteiger partial charge in [0.1, 0.15) is 11.6 Å². The number of ether oxygens (including phenoxy) is 1. The fraction of sp³-hybridized carbons (Fsp3) is 0.444. The van der Waals surface area contributed by atoms with Gasteiger partial charge in [-0.1, -0.05) is 18.9 Å². The normalized spacial score (nSPS) is 14.6. The Morgan fingerprint density at radius 1 is 1.33 bits per heavy atom. The molecule has 0 radical (unpaired) electrons. The third-order valence-electron chi connectivity index (χ3n) is 4.40. The van der Waals surface area contributed by atoms with Gasteiger partial charge in [0.05, 0.1) is 31.6 Å². The van der Waals surface area contributed by atoms with Gasteiger partial charge in [-0.15, -0.1) is 0 Å². The standard InChI is InChI=1S/C18H24N4O2/c1-13-7-8-16(24-2)15(11-13)19-12-18(23)21-17-9-10-20-22(17)14-5-3-4-6-14/h7-11,14,19H,3-6,12H2,1-2H3,(H,21,23). The highest BCUT2D eigenvalue weighted by molar-refractivity contribution is 5.93. The largest absolute Gasteiger partial charge is 0.495 e. The van der Waals surface area contributed by atoms with Crippen LogP contribution in [0, 0.1) is 6.92 Å². The van der Waals surface area contributed by atoms with Crippen molar-refractivity contribution in [2.45, 2.75) is 38.6 Å². The van der Waals surface area contributed by atoms with Crippen LogP contribution in [0.5, 0.6) is 5.75 Å². The fourth-order valence-corrected chi connectivity index (χ4v) is 3.18. The molecule has 0 bridgehead atoms. The second kappa shape index (κ2) is 7.38. The van der Waals surface area contributed by atoms with E-state index < -0.39 is 0 Å². The van der Waals surface area contributed by atoms with Crippen molar-refractivity contribution in [2.75, 3.05) is 24.3 Å². The highest BCUT2D eigenvalue weighted by Crippen LogP contribution is 2.31. The molecule has 6 nitrogen and oxygen atoms in total. The van der Waals surface area contributed by atoms with Crippen LogP contribution in [-0.4, -0.2) is 29.3 Å². The summed E-state index contributed by atoms with van der Waals surface area (Å²) in [6.45, 7) is 2.18. The molecule has 6 heteroatoms. The van der Waals surface area contributed by atoms with Crippen molar-refractivity contribution in [3.63, 3.8) is 0 Å². The van der Waals surface area contributed by atoms with E-state index in [-0.39, 0.29) is 12.5 Å². The number of methoxy groups -OCH3 is 1. The second-order valence-corrected chi connectivity index (χ2v) is 6.20. The molecule has 128 valence electrons. The third kappa shape index (κ3) is 3.69. The molecule has 1 heterocycles. The summed E-state index contributed by atoms with van der Waals surface area (Å²) in [6.07, 6.45) is 6.46. The minimum atomic E-state index is -0.0988. The molecule has 1 aromatic heterocycles. The van der Waals surface area contributed by atoms with Crippen LogP contribution < -0.4 is 15.4 Å². The number of aryl methyl sites for hydroxylation is 1. The van der Waals surface area contributed by atoms with Gasteiger partial charge in [-0.25, -0.2) is 4.68 Å². The van der Waals surface area contributed by atoms with Crippen molar-refractivity contribution in [1.29, 1.82) is 0 Å². The predicted octanol–water partition coefficient (Wildman–Crippen LogP) is 3.37. The number of carbonyl (C=O) groups is 1. The van der Waals surface area contributed by atoms with Crippen molar-refractivity contribution in [3.05, 3.63) is 36.0 Å². The van der Waals surface area contributed by atoms with Crippen LogP contribution >= 0.6 is 0 Å². The molecule has 3 rings (SSSR count). The fourth-order valence-electron chi connectivity index (χ4n) is 3.18. The Labute approximate surface area is 142 Å². The summed E-state index contributed by atoms with van der Waals surface area (Å²) >= 11 is 0. The van der Waals surface area contributed by atoms with E-state index in [1.165, 1.54) is 12.8 Å². The molecule has 1 amide bonds. The van der Waals surface area contributed by atoms with E-state index in [0.29, 0.717) is 6.04 Å². The zero-order chi connectivity index (χ0) is 16.9. The number of hydrogen-bond donors (Lipinski definition) is 2. The third-order valence-corrected chi connectivity index (χ3v) is 4.40. The van der Waals surface area contributed by atoms with Gasteiger partial charge in [0, 0.05) is 6.07 Å². The molecule has 1 fully saturated rings. The zero-order valence-electron chi connectivity index (χ0n) is 14.2. The molecule has 1 aromatic carbocycles. The van der Waals surface area contributed by atoms with Crippen molar-refractivity contribution in [2.24, 2.45) is 0 Å². The maximum absolute atomic E-state index is 12.3. The Morgan fingerprint density at radius 2 is 2.12 bits per heavy atom. The van der Waals surface area contributed by atoms with E-state index in [4.69, 9.17) is 4.74 Å². The summed E-state index contributed by atoms with van der Waals surface area (Å²) in [7, 11) is 1.62. The number of anilines is 2. The molecule has 1 aliphatic carbocycles.